The quantitative estimate of drug-likeness (QED) is 0.0524. The molecule has 0 saturated carbocycles. The second-order valence-electron chi connectivity index (χ2n) is 15.1. The Hall–Kier alpha value is -6.32. The van der Waals surface area contributed by atoms with Crippen molar-refractivity contribution in [3.05, 3.63) is 130 Å². The van der Waals surface area contributed by atoms with Gasteiger partial charge in [-0.1, -0.05) is 68.4 Å². The Balaban J connectivity index is 1.22. The number of rotatable bonds is 21. The zero-order chi connectivity index (χ0) is 44.1. The summed E-state index contributed by atoms with van der Waals surface area (Å²) in [7, 11) is -1.96. The number of amides is 4. The Bertz CT molecular complexity index is 2440. The van der Waals surface area contributed by atoms with Crippen molar-refractivity contribution >= 4 is 62.0 Å². The van der Waals surface area contributed by atoms with Gasteiger partial charge in [0, 0.05) is 66.9 Å². The highest BCUT2D eigenvalue weighted by atomic mass is 32.2. The van der Waals surface area contributed by atoms with Gasteiger partial charge in [0.15, 0.2) is 0 Å². The van der Waals surface area contributed by atoms with E-state index in [1.807, 2.05) is 83.6 Å². The Labute approximate surface area is 356 Å². The van der Waals surface area contributed by atoms with Crippen LogP contribution in [-0.2, 0) is 39.0 Å². The van der Waals surface area contributed by atoms with Gasteiger partial charge in [0.25, 0.3) is 17.7 Å². The second kappa shape index (κ2) is 21.3. The summed E-state index contributed by atoms with van der Waals surface area (Å²) >= 11 is 0. The van der Waals surface area contributed by atoms with Gasteiger partial charge in [0.1, 0.15) is 5.82 Å². The van der Waals surface area contributed by atoms with Crippen molar-refractivity contribution in [2.75, 3.05) is 37.0 Å². The van der Waals surface area contributed by atoms with Gasteiger partial charge in [-0.25, -0.2) is 13.1 Å². The minimum atomic E-state index is -3.64. The smallest absolute Gasteiger partial charge is 0.303 e. The molecule has 0 aliphatic rings. The highest BCUT2D eigenvalue weighted by molar-refractivity contribution is 7.89. The van der Waals surface area contributed by atoms with E-state index in [-0.39, 0.29) is 36.2 Å². The minimum Gasteiger partial charge on any atom is -0.481 e. The number of likely N-dealkylation sites (N-methyl/N-ethyl adjacent to an activating group) is 1. The normalized spacial score (nSPS) is 11.4. The first-order valence-corrected chi connectivity index (χ1v) is 22.2. The van der Waals surface area contributed by atoms with Gasteiger partial charge in [-0.2, -0.15) is 0 Å². The summed E-state index contributed by atoms with van der Waals surface area (Å²) in [5, 5.41) is 15.5. The van der Waals surface area contributed by atoms with Crippen LogP contribution in [0, 0.1) is 0 Å². The Morgan fingerprint density at radius 1 is 0.721 bits per heavy atom. The number of benzene rings is 4. The third-order valence-corrected chi connectivity index (χ3v) is 11.1. The number of hydrogen-bond acceptors (Lipinski definition) is 8. The maximum atomic E-state index is 13.9. The molecule has 0 spiro atoms. The molecule has 5 rings (SSSR count). The molecule has 0 radical (unpaired) electrons. The Morgan fingerprint density at radius 3 is 2.02 bits per heavy atom. The zero-order valence-electron chi connectivity index (χ0n) is 35.0. The van der Waals surface area contributed by atoms with Gasteiger partial charge >= 0.3 is 5.97 Å². The van der Waals surface area contributed by atoms with E-state index in [0.29, 0.717) is 47.4 Å². The number of anilines is 2. The summed E-state index contributed by atoms with van der Waals surface area (Å²) in [5.74, 6) is -2.41. The van der Waals surface area contributed by atoms with E-state index < -0.39 is 33.7 Å². The fourth-order valence-corrected chi connectivity index (χ4v) is 7.66. The highest BCUT2D eigenvalue weighted by Gasteiger charge is 2.23. The molecule has 1 heterocycles. The molecular weight excluding hydrogens is 797 g/mol. The third kappa shape index (κ3) is 13.3. The van der Waals surface area contributed by atoms with Crippen LogP contribution in [0.3, 0.4) is 0 Å². The van der Waals surface area contributed by atoms with E-state index >= 15 is 0 Å². The van der Waals surface area contributed by atoms with Crippen LogP contribution in [0.4, 0.5) is 11.5 Å². The number of para-hydroxylation sites is 1. The fraction of sp³-hybridized carbons (Fsp3) is 0.326. The number of carboxylic acid groups (broad SMARTS) is 1. The summed E-state index contributed by atoms with van der Waals surface area (Å²) in [6.07, 6.45) is 4.81. The molecule has 0 atom stereocenters. The maximum absolute atomic E-state index is 13.9. The number of carbonyl (C=O) groups excluding carboxylic acids is 4. The molecule has 0 aliphatic carbocycles. The van der Waals surface area contributed by atoms with E-state index in [1.54, 1.807) is 30.1 Å². The van der Waals surface area contributed by atoms with Crippen molar-refractivity contribution in [3.8, 4) is 0 Å². The monoisotopic (exact) mass is 850 g/mol. The van der Waals surface area contributed by atoms with Crippen LogP contribution < -0.4 is 15.4 Å². The highest BCUT2D eigenvalue weighted by Crippen LogP contribution is 2.28. The lowest BCUT2D eigenvalue weighted by molar-refractivity contribution is -0.140. The molecule has 322 valence electrons. The van der Waals surface area contributed by atoms with Crippen LogP contribution in [0.5, 0.6) is 0 Å². The summed E-state index contributed by atoms with van der Waals surface area (Å²) < 4.78 is 24.7. The second-order valence-corrected chi connectivity index (χ2v) is 16.9. The number of nitrogens with zero attached hydrogens (tertiary/aromatic N) is 2. The van der Waals surface area contributed by atoms with Crippen LogP contribution in [0.2, 0.25) is 0 Å². The van der Waals surface area contributed by atoms with Crippen molar-refractivity contribution in [3.63, 3.8) is 0 Å². The van der Waals surface area contributed by atoms with Crippen LogP contribution >= 0.6 is 0 Å². The number of carbonyl (C=O) groups is 5. The topological polar surface area (TPSA) is 198 Å². The number of sulfonamides is 1. The first-order chi connectivity index (χ1) is 29.1. The maximum Gasteiger partial charge on any atom is 0.303 e. The van der Waals surface area contributed by atoms with Crippen LogP contribution in [0.1, 0.15) is 93.7 Å². The molecule has 0 aliphatic heterocycles. The van der Waals surface area contributed by atoms with Gasteiger partial charge in [0.2, 0.25) is 15.9 Å². The number of aromatic amines is 1. The number of aryl methyl sites for hydroxylation is 2. The van der Waals surface area contributed by atoms with Crippen molar-refractivity contribution < 1.29 is 37.5 Å². The summed E-state index contributed by atoms with van der Waals surface area (Å²) in [4.78, 5) is 70.3. The predicted octanol–water partition coefficient (Wildman–Crippen LogP) is 6.85. The zero-order valence-corrected chi connectivity index (χ0v) is 35.8. The number of carboxylic acids is 1. The Kier molecular flexibility index (Phi) is 16.0. The molecule has 0 unspecified atom stereocenters. The van der Waals surface area contributed by atoms with Crippen LogP contribution in [-0.4, -0.2) is 90.3 Å². The average molecular weight is 851 g/mol. The first-order valence-electron chi connectivity index (χ1n) is 20.4. The largest absolute Gasteiger partial charge is 0.481 e. The molecule has 0 saturated heterocycles. The molecule has 1 aromatic heterocycles. The molecular formula is C46H54N6O8S. The van der Waals surface area contributed by atoms with Gasteiger partial charge in [-0.05, 0) is 91.3 Å². The molecule has 0 bridgehead atoms. The van der Waals surface area contributed by atoms with Crippen LogP contribution in [0.15, 0.2) is 97.1 Å². The number of fused-ring (bicyclic) bond motifs is 1. The number of hydrogen-bond donors (Lipinski definition) is 5. The SMILES string of the molecule is CCC(CC)N(CCN(C)C(=O)CCC(=O)O)Cc1cccc(C(=O)Nc2[nH]c3ccccc3c2C(=O)Nc2ccc(CCCc3ccc(C(=O)NS(C)(=O)=O)cc3)cc2)c1. The first kappa shape index (κ1) is 45.8. The number of aromatic nitrogens is 1. The third-order valence-electron chi connectivity index (χ3n) is 10.5. The molecule has 0 fully saturated rings. The molecule has 61 heavy (non-hydrogen) atoms. The fourth-order valence-electron chi connectivity index (χ4n) is 7.20. The summed E-state index contributed by atoms with van der Waals surface area (Å²) in [6, 6.07) is 29.3. The predicted molar refractivity (Wildman–Crippen MR) is 237 cm³/mol. The van der Waals surface area contributed by atoms with Crippen LogP contribution in [0.25, 0.3) is 10.9 Å². The minimum absolute atomic E-state index is 0.0498. The molecule has 4 aromatic carbocycles. The standard InChI is InChI=1S/C46H54N6O8S/c1-5-37(6-2)52(28-27-51(3)40(53)25-26-41(54)55)30-33-13-10-14-35(29-33)44(56)49-43-42(38-15-7-8-16-39(38)48-43)46(58)47-36-23-19-32(20-24-36)12-9-11-31-17-21-34(22-18-31)45(57)50-61(4,59)60/h7-8,10,13-24,29,37,48H,5-6,9,11-12,25-28,30H2,1-4H3,(H,47,58)(H,49,56)(H,50,57)(H,54,55). The lowest BCUT2D eigenvalue weighted by atomic mass is 10.0. The number of nitrogens with one attached hydrogen (secondary N) is 4. The van der Waals surface area contributed by atoms with E-state index in [0.717, 1.165) is 55.1 Å². The molecule has 15 heteroatoms. The molecule has 4 amide bonds. The van der Waals surface area contributed by atoms with Crippen molar-refractivity contribution in [1.82, 2.24) is 19.5 Å². The van der Waals surface area contributed by atoms with E-state index in [2.05, 4.69) is 34.4 Å². The average Bonchev–Trinajstić information content (AvgIpc) is 3.60. The lowest BCUT2D eigenvalue weighted by Crippen LogP contribution is -2.41. The number of H-pyrrole nitrogens is 1. The lowest BCUT2D eigenvalue weighted by Gasteiger charge is -2.32. The molecule has 5 N–H and O–H groups in total. The van der Waals surface area contributed by atoms with Crippen molar-refractivity contribution in [2.45, 2.75) is 71.4 Å². The van der Waals surface area contributed by atoms with Gasteiger partial charge < -0.3 is 25.6 Å². The van der Waals surface area contributed by atoms with E-state index in [4.69, 9.17) is 5.11 Å². The van der Waals surface area contributed by atoms with Gasteiger partial charge in [-0.15, -0.1) is 0 Å². The van der Waals surface area contributed by atoms with Gasteiger partial charge in [0.05, 0.1) is 18.2 Å². The van der Waals surface area contributed by atoms with Crippen molar-refractivity contribution in [1.29, 1.82) is 0 Å². The van der Waals surface area contributed by atoms with Crippen molar-refractivity contribution in [2.24, 2.45) is 0 Å². The summed E-state index contributed by atoms with van der Waals surface area (Å²) in [6.45, 7) is 5.77. The summed E-state index contributed by atoms with van der Waals surface area (Å²) in [5.41, 5.74) is 5.25. The molecule has 14 nitrogen and oxygen atoms in total. The van der Waals surface area contributed by atoms with E-state index in [9.17, 15) is 32.4 Å². The molecule has 5 aromatic rings. The van der Waals surface area contributed by atoms with E-state index in [1.165, 1.54) is 0 Å². The van der Waals surface area contributed by atoms with Gasteiger partial charge in [-0.3, -0.25) is 28.9 Å². The number of aliphatic carboxylic acids is 1. The Morgan fingerprint density at radius 2 is 1.38 bits per heavy atom.